The van der Waals surface area contributed by atoms with E-state index in [1.807, 2.05) is 0 Å². The first-order chi connectivity index (χ1) is 15.2. The Morgan fingerprint density at radius 3 is 2.34 bits per heavy atom. The third-order valence-corrected chi connectivity index (χ3v) is 5.53. The fraction of sp³-hybridized carbons (Fsp3) is 0.280. The van der Waals surface area contributed by atoms with Crippen LogP contribution in [0.3, 0.4) is 0 Å². The van der Waals surface area contributed by atoms with E-state index in [4.69, 9.17) is 0 Å². The summed E-state index contributed by atoms with van der Waals surface area (Å²) in [4.78, 5) is 38.0. The van der Waals surface area contributed by atoms with E-state index in [1.54, 1.807) is 41.2 Å². The molecule has 1 aromatic heterocycles. The van der Waals surface area contributed by atoms with Crippen LogP contribution in [0.5, 0.6) is 0 Å². The monoisotopic (exact) mass is 430 g/mol. The van der Waals surface area contributed by atoms with Crippen LogP contribution >= 0.6 is 0 Å². The molecular weight excluding hydrogens is 404 g/mol. The summed E-state index contributed by atoms with van der Waals surface area (Å²) in [6.07, 6.45) is 2.04. The number of imide groups is 1. The van der Waals surface area contributed by atoms with Gasteiger partial charge in [-0.3, -0.25) is 19.3 Å². The van der Waals surface area contributed by atoms with Gasteiger partial charge in [0.2, 0.25) is 11.8 Å². The molecule has 1 N–H and O–H groups in total. The molecule has 2 aromatic carbocycles. The zero-order chi connectivity index (χ0) is 22.9. The summed E-state index contributed by atoms with van der Waals surface area (Å²) in [5, 5.41) is 7.21. The Hall–Kier alpha value is -3.74. The lowest BCUT2D eigenvalue weighted by Crippen LogP contribution is -2.28. The van der Waals surface area contributed by atoms with E-state index in [-0.39, 0.29) is 36.0 Å². The van der Waals surface area contributed by atoms with Gasteiger partial charge in [0.1, 0.15) is 5.82 Å². The molecule has 32 heavy (non-hydrogen) atoms. The molecule has 1 aliphatic heterocycles. The van der Waals surface area contributed by atoms with Crippen molar-refractivity contribution in [1.82, 2.24) is 9.78 Å². The number of aromatic nitrogens is 2. The number of hydrogen-bond acceptors (Lipinski definition) is 4. The molecule has 1 aliphatic rings. The second kappa shape index (κ2) is 8.42. The van der Waals surface area contributed by atoms with Crippen LogP contribution in [0.15, 0.2) is 60.8 Å². The molecule has 4 rings (SSSR count). The van der Waals surface area contributed by atoms with Crippen molar-refractivity contribution in [3.63, 3.8) is 0 Å². The molecule has 164 valence electrons. The largest absolute Gasteiger partial charge is 0.307 e. The van der Waals surface area contributed by atoms with E-state index in [9.17, 15) is 14.4 Å². The molecule has 3 amide bonds. The molecule has 7 nitrogen and oxygen atoms in total. The summed E-state index contributed by atoms with van der Waals surface area (Å²) in [5.74, 6) is -0.268. The van der Waals surface area contributed by atoms with Gasteiger partial charge >= 0.3 is 0 Å². The van der Waals surface area contributed by atoms with E-state index in [2.05, 4.69) is 55.5 Å². The maximum Gasteiger partial charge on any atom is 0.256 e. The lowest BCUT2D eigenvalue weighted by molar-refractivity contribution is -0.121. The van der Waals surface area contributed by atoms with Gasteiger partial charge in [0.25, 0.3) is 5.91 Å². The van der Waals surface area contributed by atoms with Gasteiger partial charge < -0.3 is 5.32 Å². The number of nitrogens with zero attached hydrogens (tertiary/aromatic N) is 3. The maximum atomic E-state index is 12.9. The number of benzene rings is 2. The van der Waals surface area contributed by atoms with E-state index in [0.717, 1.165) is 10.5 Å². The number of nitrogens with one attached hydrogen (secondary N) is 1. The van der Waals surface area contributed by atoms with Gasteiger partial charge in [0, 0.05) is 24.5 Å². The minimum atomic E-state index is -0.337. The Kier molecular flexibility index (Phi) is 5.65. The first kappa shape index (κ1) is 21.5. The molecule has 0 unspecified atom stereocenters. The van der Waals surface area contributed by atoms with Gasteiger partial charge in [0.05, 0.1) is 18.4 Å². The lowest BCUT2D eigenvalue weighted by Gasteiger charge is -2.19. The Balaban J connectivity index is 1.49. The normalized spacial score (nSPS) is 14.2. The smallest absolute Gasteiger partial charge is 0.256 e. The highest BCUT2D eigenvalue weighted by molar-refractivity contribution is 6.20. The molecule has 2 heterocycles. The highest BCUT2D eigenvalue weighted by Gasteiger charge is 2.30. The molecule has 0 bridgehead atoms. The number of anilines is 2. The highest BCUT2D eigenvalue weighted by Crippen LogP contribution is 2.25. The van der Waals surface area contributed by atoms with Crippen molar-refractivity contribution in [2.75, 3.05) is 10.2 Å². The van der Waals surface area contributed by atoms with Gasteiger partial charge in [-0.1, -0.05) is 51.1 Å². The zero-order valence-corrected chi connectivity index (χ0v) is 18.5. The van der Waals surface area contributed by atoms with Crippen LogP contribution in [0.25, 0.3) is 0 Å². The number of hydrogen-bond donors (Lipinski definition) is 1. The zero-order valence-electron chi connectivity index (χ0n) is 18.5. The van der Waals surface area contributed by atoms with Crippen molar-refractivity contribution >= 4 is 29.2 Å². The molecule has 0 spiro atoms. The fourth-order valence-corrected chi connectivity index (χ4v) is 3.69. The van der Waals surface area contributed by atoms with Crippen LogP contribution in [0.4, 0.5) is 11.5 Å². The predicted molar refractivity (Wildman–Crippen MR) is 123 cm³/mol. The average Bonchev–Trinajstić information content (AvgIpc) is 3.33. The lowest BCUT2D eigenvalue weighted by atomic mass is 9.87. The van der Waals surface area contributed by atoms with Gasteiger partial charge in [0.15, 0.2) is 0 Å². The predicted octanol–water partition coefficient (Wildman–Crippen LogP) is 4.13. The fourth-order valence-electron chi connectivity index (χ4n) is 3.69. The molecule has 0 saturated carbocycles. The van der Waals surface area contributed by atoms with Gasteiger partial charge in [-0.25, -0.2) is 4.68 Å². The summed E-state index contributed by atoms with van der Waals surface area (Å²) >= 11 is 0. The topological polar surface area (TPSA) is 84.3 Å². The van der Waals surface area contributed by atoms with Gasteiger partial charge in [-0.05, 0) is 34.7 Å². The van der Waals surface area contributed by atoms with Crippen molar-refractivity contribution in [1.29, 1.82) is 0 Å². The quantitative estimate of drug-likeness (QED) is 0.617. The van der Waals surface area contributed by atoms with Crippen molar-refractivity contribution in [2.45, 2.75) is 45.6 Å². The number of carbonyl (C=O) groups is 3. The molecule has 7 heteroatoms. The van der Waals surface area contributed by atoms with Crippen LogP contribution < -0.4 is 10.2 Å². The van der Waals surface area contributed by atoms with Crippen molar-refractivity contribution in [3.8, 4) is 0 Å². The first-order valence-corrected chi connectivity index (χ1v) is 10.6. The summed E-state index contributed by atoms with van der Waals surface area (Å²) < 4.78 is 1.72. The Morgan fingerprint density at radius 1 is 1.00 bits per heavy atom. The molecule has 1 fully saturated rings. The number of carbonyl (C=O) groups excluding carboxylic acids is 3. The van der Waals surface area contributed by atoms with E-state index in [0.29, 0.717) is 23.6 Å². The summed E-state index contributed by atoms with van der Waals surface area (Å²) in [6.45, 7) is 7.04. The molecule has 3 aromatic rings. The third kappa shape index (κ3) is 4.46. The highest BCUT2D eigenvalue weighted by atomic mass is 16.2. The molecule has 0 radical (unpaired) electrons. The second-order valence-corrected chi connectivity index (χ2v) is 8.95. The molecular formula is C25H26N4O3. The average molecular weight is 431 g/mol. The van der Waals surface area contributed by atoms with Crippen LogP contribution in [0.1, 0.15) is 55.1 Å². The molecule has 0 aliphatic carbocycles. The second-order valence-electron chi connectivity index (χ2n) is 8.95. The first-order valence-electron chi connectivity index (χ1n) is 10.6. The summed E-state index contributed by atoms with van der Waals surface area (Å²) in [7, 11) is 0. The summed E-state index contributed by atoms with van der Waals surface area (Å²) in [6, 6.07) is 16.6. The standard InChI is InChI=1S/C25H26N4O3/c1-25(2,3)19-9-7-17(8-10-19)16-28-21(13-14-26-28)27-24(32)18-5-4-6-20(15-18)29-22(30)11-12-23(29)31/h4-10,13-15H,11-12,16H2,1-3H3,(H,27,32). The van der Waals surface area contributed by atoms with Crippen LogP contribution in [0.2, 0.25) is 0 Å². The van der Waals surface area contributed by atoms with E-state index >= 15 is 0 Å². The van der Waals surface area contributed by atoms with Crippen LogP contribution in [0, 0.1) is 0 Å². The van der Waals surface area contributed by atoms with Crippen molar-refractivity contribution < 1.29 is 14.4 Å². The minimum absolute atomic E-state index is 0.0855. The summed E-state index contributed by atoms with van der Waals surface area (Å²) in [5.41, 5.74) is 3.19. The van der Waals surface area contributed by atoms with Gasteiger partial charge in [-0.15, -0.1) is 0 Å². The Labute approximate surface area is 187 Å². The number of rotatable bonds is 5. The van der Waals surface area contributed by atoms with Crippen LogP contribution in [-0.2, 0) is 21.5 Å². The third-order valence-electron chi connectivity index (χ3n) is 5.53. The molecule has 1 saturated heterocycles. The Bertz CT molecular complexity index is 1160. The molecule has 0 atom stereocenters. The van der Waals surface area contributed by atoms with Crippen molar-refractivity contribution in [2.24, 2.45) is 0 Å². The number of amides is 3. The van der Waals surface area contributed by atoms with Gasteiger partial charge in [-0.2, -0.15) is 5.10 Å². The SMILES string of the molecule is CC(C)(C)c1ccc(Cn2nccc2NC(=O)c2cccc(N3C(=O)CCC3=O)c2)cc1. The Morgan fingerprint density at radius 2 is 1.69 bits per heavy atom. The van der Waals surface area contributed by atoms with E-state index in [1.165, 1.54) is 5.56 Å². The van der Waals surface area contributed by atoms with E-state index < -0.39 is 0 Å². The maximum absolute atomic E-state index is 12.9. The minimum Gasteiger partial charge on any atom is -0.307 e. The van der Waals surface area contributed by atoms with Crippen molar-refractivity contribution in [3.05, 3.63) is 77.5 Å². The van der Waals surface area contributed by atoms with Crippen LogP contribution in [-0.4, -0.2) is 27.5 Å².